The molecule has 2 aromatic heterocycles. The van der Waals surface area contributed by atoms with Crippen molar-refractivity contribution in [2.45, 2.75) is 6.61 Å². The van der Waals surface area contributed by atoms with Crippen LogP contribution in [0.15, 0.2) is 48.9 Å². The van der Waals surface area contributed by atoms with E-state index in [1.165, 1.54) is 0 Å². The van der Waals surface area contributed by atoms with Gasteiger partial charge in [-0.3, -0.25) is 4.40 Å². The summed E-state index contributed by atoms with van der Waals surface area (Å²) in [4.78, 5) is 8.34. The SMILES string of the molecule is Clc1cn2ccnc2c(OCc2ccccc2)n1. The number of aromatic nitrogens is 3. The van der Waals surface area contributed by atoms with E-state index in [2.05, 4.69) is 9.97 Å². The summed E-state index contributed by atoms with van der Waals surface area (Å²) in [6, 6.07) is 9.89. The van der Waals surface area contributed by atoms with Crippen molar-refractivity contribution in [3.05, 3.63) is 59.6 Å². The second-order valence-electron chi connectivity index (χ2n) is 3.80. The van der Waals surface area contributed by atoms with Crippen LogP contribution in [0.2, 0.25) is 5.15 Å². The van der Waals surface area contributed by atoms with Gasteiger partial charge in [0, 0.05) is 18.6 Å². The quantitative estimate of drug-likeness (QED) is 0.726. The minimum atomic E-state index is 0.378. The van der Waals surface area contributed by atoms with Crippen LogP contribution in [-0.4, -0.2) is 14.4 Å². The summed E-state index contributed by atoms with van der Waals surface area (Å²) in [7, 11) is 0. The number of fused-ring (bicyclic) bond motifs is 1. The van der Waals surface area contributed by atoms with Crippen molar-refractivity contribution in [3.8, 4) is 5.88 Å². The molecule has 2 heterocycles. The van der Waals surface area contributed by atoms with E-state index in [9.17, 15) is 0 Å². The van der Waals surface area contributed by atoms with Crippen molar-refractivity contribution in [2.24, 2.45) is 0 Å². The highest BCUT2D eigenvalue weighted by molar-refractivity contribution is 6.29. The van der Waals surface area contributed by atoms with Gasteiger partial charge in [-0.05, 0) is 5.56 Å². The first-order valence-corrected chi connectivity index (χ1v) is 5.87. The Hall–Kier alpha value is -2.07. The van der Waals surface area contributed by atoms with Crippen LogP contribution in [0.3, 0.4) is 0 Å². The smallest absolute Gasteiger partial charge is 0.260 e. The standard InChI is InChI=1S/C13H10ClN3O/c14-11-8-17-7-6-15-12(17)13(16-11)18-9-10-4-2-1-3-5-10/h1-8H,9H2. The van der Waals surface area contributed by atoms with E-state index in [1.54, 1.807) is 23.0 Å². The van der Waals surface area contributed by atoms with Crippen LogP contribution >= 0.6 is 11.6 Å². The molecule has 0 N–H and O–H groups in total. The summed E-state index contributed by atoms with van der Waals surface area (Å²) < 4.78 is 7.45. The van der Waals surface area contributed by atoms with Gasteiger partial charge in [0.05, 0.1) is 0 Å². The molecule has 0 aliphatic carbocycles. The lowest BCUT2D eigenvalue weighted by Crippen LogP contribution is -2.00. The summed E-state index contributed by atoms with van der Waals surface area (Å²) in [5, 5.41) is 0.378. The molecule has 0 radical (unpaired) electrons. The average molecular weight is 260 g/mol. The normalized spacial score (nSPS) is 10.7. The first kappa shape index (κ1) is 11.0. The number of halogens is 1. The van der Waals surface area contributed by atoms with E-state index in [-0.39, 0.29) is 0 Å². The lowest BCUT2D eigenvalue weighted by atomic mass is 10.2. The van der Waals surface area contributed by atoms with Crippen LogP contribution in [0, 0.1) is 0 Å². The molecule has 90 valence electrons. The third kappa shape index (κ3) is 2.15. The molecule has 0 spiro atoms. The number of ether oxygens (including phenoxy) is 1. The molecule has 0 aliphatic heterocycles. The van der Waals surface area contributed by atoms with Gasteiger partial charge < -0.3 is 4.74 Å². The van der Waals surface area contributed by atoms with Crippen molar-refractivity contribution in [1.29, 1.82) is 0 Å². The second-order valence-corrected chi connectivity index (χ2v) is 4.19. The van der Waals surface area contributed by atoms with Crippen LogP contribution in [0.5, 0.6) is 5.88 Å². The van der Waals surface area contributed by atoms with Crippen LogP contribution in [0.4, 0.5) is 0 Å². The molecule has 4 nitrogen and oxygen atoms in total. The predicted molar refractivity (Wildman–Crippen MR) is 68.8 cm³/mol. The molecule has 0 atom stereocenters. The Morgan fingerprint density at radius 1 is 1.22 bits per heavy atom. The van der Waals surface area contributed by atoms with Gasteiger partial charge in [0.1, 0.15) is 11.8 Å². The van der Waals surface area contributed by atoms with Crippen molar-refractivity contribution >= 4 is 17.2 Å². The Kier molecular flexibility index (Phi) is 2.86. The Morgan fingerprint density at radius 3 is 2.89 bits per heavy atom. The highest BCUT2D eigenvalue weighted by atomic mass is 35.5. The molecule has 0 saturated heterocycles. The van der Waals surface area contributed by atoms with E-state index >= 15 is 0 Å². The molecule has 3 rings (SSSR count). The summed E-state index contributed by atoms with van der Waals surface area (Å²) in [5.74, 6) is 0.441. The fraction of sp³-hybridized carbons (Fsp3) is 0.0769. The van der Waals surface area contributed by atoms with E-state index in [0.717, 1.165) is 5.56 Å². The summed E-state index contributed by atoms with van der Waals surface area (Å²) in [6.45, 7) is 0.441. The Bertz CT molecular complexity index is 666. The van der Waals surface area contributed by atoms with Gasteiger partial charge in [0.2, 0.25) is 5.65 Å². The zero-order chi connectivity index (χ0) is 12.4. The summed E-state index contributed by atoms with van der Waals surface area (Å²) >= 11 is 5.92. The second kappa shape index (κ2) is 4.66. The molecule has 0 aliphatic rings. The van der Waals surface area contributed by atoms with E-state index < -0.39 is 0 Å². The molecule has 0 amide bonds. The monoisotopic (exact) mass is 259 g/mol. The Morgan fingerprint density at radius 2 is 2.06 bits per heavy atom. The maximum Gasteiger partial charge on any atom is 0.260 e. The molecule has 0 bridgehead atoms. The van der Waals surface area contributed by atoms with E-state index in [0.29, 0.717) is 23.3 Å². The van der Waals surface area contributed by atoms with Gasteiger partial charge in [-0.1, -0.05) is 41.9 Å². The lowest BCUT2D eigenvalue weighted by molar-refractivity contribution is 0.296. The number of hydrogen-bond acceptors (Lipinski definition) is 3. The third-order valence-electron chi connectivity index (χ3n) is 2.53. The number of imidazole rings is 1. The predicted octanol–water partition coefficient (Wildman–Crippen LogP) is 2.96. The molecule has 0 unspecified atom stereocenters. The molecule has 0 saturated carbocycles. The molecule has 18 heavy (non-hydrogen) atoms. The van der Waals surface area contributed by atoms with Crippen molar-refractivity contribution in [2.75, 3.05) is 0 Å². The highest BCUT2D eigenvalue weighted by Gasteiger charge is 2.07. The Labute approximate surface area is 109 Å². The first-order chi connectivity index (χ1) is 8.83. The highest BCUT2D eigenvalue weighted by Crippen LogP contribution is 2.19. The minimum Gasteiger partial charge on any atom is -0.470 e. The van der Waals surface area contributed by atoms with Crippen molar-refractivity contribution in [3.63, 3.8) is 0 Å². The zero-order valence-corrected chi connectivity index (χ0v) is 10.2. The van der Waals surface area contributed by atoms with Gasteiger partial charge in [-0.15, -0.1) is 0 Å². The molecule has 1 aromatic carbocycles. The molecule has 0 fully saturated rings. The number of benzene rings is 1. The first-order valence-electron chi connectivity index (χ1n) is 5.49. The van der Waals surface area contributed by atoms with Gasteiger partial charge in [-0.2, -0.15) is 4.98 Å². The van der Waals surface area contributed by atoms with Crippen LogP contribution < -0.4 is 4.74 Å². The number of rotatable bonds is 3. The van der Waals surface area contributed by atoms with E-state index in [4.69, 9.17) is 16.3 Å². The fourth-order valence-corrected chi connectivity index (χ4v) is 1.88. The van der Waals surface area contributed by atoms with Gasteiger partial charge in [0.15, 0.2) is 0 Å². The van der Waals surface area contributed by atoms with Crippen LogP contribution in [0.25, 0.3) is 5.65 Å². The largest absolute Gasteiger partial charge is 0.470 e. The van der Waals surface area contributed by atoms with Gasteiger partial charge >= 0.3 is 0 Å². The van der Waals surface area contributed by atoms with Crippen LogP contribution in [-0.2, 0) is 6.61 Å². The number of nitrogens with zero attached hydrogens (tertiary/aromatic N) is 3. The molecular weight excluding hydrogens is 250 g/mol. The molecule has 5 heteroatoms. The average Bonchev–Trinajstić information content (AvgIpc) is 2.85. The minimum absolute atomic E-state index is 0.378. The molecular formula is C13H10ClN3O. The van der Waals surface area contributed by atoms with Crippen molar-refractivity contribution < 1.29 is 4.74 Å². The topological polar surface area (TPSA) is 39.4 Å². The maximum atomic E-state index is 5.92. The molecule has 3 aromatic rings. The lowest BCUT2D eigenvalue weighted by Gasteiger charge is -2.06. The van der Waals surface area contributed by atoms with Crippen molar-refractivity contribution in [1.82, 2.24) is 14.4 Å². The van der Waals surface area contributed by atoms with Crippen LogP contribution in [0.1, 0.15) is 5.56 Å². The Balaban J connectivity index is 1.88. The summed E-state index contributed by atoms with van der Waals surface area (Å²) in [5.41, 5.74) is 1.74. The summed E-state index contributed by atoms with van der Waals surface area (Å²) in [6.07, 6.45) is 5.18. The fourth-order valence-electron chi connectivity index (χ4n) is 1.70. The van der Waals surface area contributed by atoms with E-state index in [1.807, 2.05) is 30.3 Å². The van der Waals surface area contributed by atoms with Gasteiger partial charge in [0.25, 0.3) is 5.88 Å². The zero-order valence-electron chi connectivity index (χ0n) is 9.45. The number of hydrogen-bond donors (Lipinski definition) is 0. The van der Waals surface area contributed by atoms with Gasteiger partial charge in [-0.25, -0.2) is 4.98 Å². The third-order valence-corrected chi connectivity index (χ3v) is 2.71. The maximum absolute atomic E-state index is 5.92.